The first kappa shape index (κ1) is 28.1. The van der Waals surface area contributed by atoms with Crippen molar-refractivity contribution in [3.63, 3.8) is 0 Å². The number of hydrogen-bond donors (Lipinski definition) is 2. The lowest BCUT2D eigenvalue weighted by molar-refractivity contribution is -0.137. The van der Waals surface area contributed by atoms with E-state index >= 15 is 0 Å². The van der Waals surface area contributed by atoms with Gasteiger partial charge in [0.1, 0.15) is 18.0 Å². The molecule has 0 aliphatic carbocycles. The first-order valence-electron chi connectivity index (χ1n) is 13.3. The molecule has 208 valence electrons. The van der Waals surface area contributed by atoms with Crippen molar-refractivity contribution in [1.29, 1.82) is 0 Å². The van der Waals surface area contributed by atoms with E-state index in [-0.39, 0.29) is 23.5 Å². The summed E-state index contributed by atoms with van der Waals surface area (Å²) in [7, 11) is 0. The fourth-order valence-electron chi connectivity index (χ4n) is 4.74. The zero-order valence-electron chi connectivity index (χ0n) is 22.9. The molecule has 0 spiro atoms. The van der Waals surface area contributed by atoms with Crippen LogP contribution in [0.5, 0.6) is 0 Å². The number of para-hydroxylation sites is 1. The van der Waals surface area contributed by atoms with E-state index in [9.17, 15) is 18.8 Å². The number of benzene rings is 2. The van der Waals surface area contributed by atoms with Gasteiger partial charge in [-0.05, 0) is 36.1 Å². The molecule has 2 aromatic carbocycles. The molecule has 0 saturated carbocycles. The van der Waals surface area contributed by atoms with Crippen molar-refractivity contribution < 1.29 is 23.5 Å². The molecule has 1 fully saturated rings. The third-order valence-corrected chi connectivity index (χ3v) is 6.86. The third kappa shape index (κ3) is 6.74. The van der Waals surface area contributed by atoms with Gasteiger partial charge in [0.15, 0.2) is 5.69 Å². The van der Waals surface area contributed by atoms with Crippen LogP contribution in [0.2, 0.25) is 0 Å². The van der Waals surface area contributed by atoms with Crippen molar-refractivity contribution >= 4 is 28.8 Å². The van der Waals surface area contributed by atoms with Crippen molar-refractivity contribution in [3.8, 4) is 0 Å². The average molecular weight is 538 g/mol. The zero-order chi connectivity index (χ0) is 28.2. The molecule has 0 radical (unpaired) electrons. The van der Waals surface area contributed by atoms with E-state index < -0.39 is 23.5 Å². The Kier molecular flexibility index (Phi) is 8.52. The Morgan fingerprint density at radius 2 is 1.74 bits per heavy atom. The minimum absolute atomic E-state index is 0.178. The first-order valence-corrected chi connectivity index (χ1v) is 13.3. The maximum absolute atomic E-state index is 13.6. The molecule has 3 amide bonds. The van der Waals surface area contributed by atoms with Gasteiger partial charge < -0.3 is 20.3 Å². The van der Waals surface area contributed by atoms with E-state index in [4.69, 9.17) is 4.74 Å². The molecule has 2 heterocycles. The predicted octanol–water partition coefficient (Wildman–Crippen LogP) is 4.11. The van der Waals surface area contributed by atoms with Gasteiger partial charge in [0.25, 0.3) is 5.91 Å². The molecule has 39 heavy (non-hydrogen) atoms. The number of aromatic nitrogens is 2. The molecule has 10 heteroatoms. The summed E-state index contributed by atoms with van der Waals surface area (Å²) in [5.41, 5.74) is 1.27. The van der Waals surface area contributed by atoms with E-state index in [2.05, 4.69) is 15.7 Å². The van der Waals surface area contributed by atoms with Crippen LogP contribution in [0.25, 0.3) is 10.9 Å². The Labute approximate surface area is 227 Å². The molecular weight excluding hydrogens is 501 g/mol. The van der Waals surface area contributed by atoms with Crippen LogP contribution in [0.4, 0.5) is 9.18 Å². The first-order chi connectivity index (χ1) is 18.6. The van der Waals surface area contributed by atoms with Gasteiger partial charge in [0, 0.05) is 37.9 Å². The summed E-state index contributed by atoms with van der Waals surface area (Å²) in [5, 5.41) is 10.8. The monoisotopic (exact) mass is 537 g/mol. The Hall–Kier alpha value is -3.95. The summed E-state index contributed by atoms with van der Waals surface area (Å²) in [6.45, 7) is 9.26. The normalized spacial score (nSPS) is 15.2. The highest BCUT2D eigenvalue weighted by Gasteiger charge is 2.38. The summed E-state index contributed by atoms with van der Waals surface area (Å²) in [5.74, 6) is -0.935. The summed E-state index contributed by atoms with van der Waals surface area (Å²) in [6.07, 6.45) is 0.367. The van der Waals surface area contributed by atoms with E-state index in [1.165, 1.54) is 12.1 Å². The number of nitrogens with zero attached hydrogens (tertiary/aromatic N) is 3. The van der Waals surface area contributed by atoms with Crippen LogP contribution in [-0.2, 0) is 16.1 Å². The Bertz CT molecular complexity index is 1320. The zero-order valence-corrected chi connectivity index (χ0v) is 22.9. The summed E-state index contributed by atoms with van der Waals surface area (Å²) in [6, 6.07) is 12.8. The molecule has 0 bridgehead atoms. The van der Waals surface area contributed by atoms with Gasteiger partial charge in [0.05, 0.1) is 12.1 Å². The van der Waals surface area contributed by atoms with Gasteiger partial charge in [0.2, 0.25) is 5.91 Å². The van der Waals surface area contributed by atoms with Crippen LogP contribution >= 0.6 is 0 Å². The number of amides is 3. The highest BCUT2D eigenvalue weighted by Crippen LogP contribution is 2.25. The van der Waals surface area contributed by atoms with Gasteiger partial charge in [-0.25, -0.2) is 9.18 Å². The van der Waals surface area contributed by atoms with Crippen LogP contribution in [0.15, 0.2) is 48.5 Å². The second-order valence-electron chi connectivity index (χ2n) is 10.9. The Morgan fingerprint density at radius 3 is 2.38 bits per heavy atom. The maximum atomic E-state index is 13.6. The van der Waals surface area contributed by atoms with Crippen LogP contribution < -0.4 is 10.6 Å². The quantitative estimate of drug-likeness (QED) is 0.472. The Morgan fingerprint density at radius 1 is 1.08 bits per heavy atom. The highest BCUT2D eigenvalue weighted by molar-refractivity contribution is 6.06. The number of hydrogen-bond acceptors (Lipinski definition) is 5. The molecule has 1 aliphatic heterocycles. The number of alkyl carbamates (subject to hydrolysis) is 1. The lowest BCUT2D eigenvalue weighted by Crippen LogP contribution is -2.56. The third-order valence-electron chi connectivity index (χ3n) is 6.86. The average Bonchev–Trinajstić information content (AvgIpc) is 3.26. The molecule has 9 nitrogen and oxygen atoms in total. The van der Waals surface area contributed by atoms with Crippen LogP contribution in [0, 0.1) is 11.2 Å². The number of nitrogens with one attached hydrogen (secondary N) is 2. The Balaban J connectivity index is 1.50. The number of carbonyl (C=O) groups is 3. The number of rotatable bonds is 7. The van der Waals surface area contributed by atoms with Crippen molar-refractivity contribution in [1.82, 2.24) is 25.3 Å². The number of piperidine rings is 1. The molecule has 2 N–H and O–H groups in total. The number of fused-ring (bicyclic) bond motifs is 1. The molecular formula is C29H36FN5O4. The fourth-order valence-corrected chi connectivity index (χ4v) is 4.74. The SMILES string of the molecule is CCNC(=O)OC1CCN(C(=O)[C@@H](NC(=O)c2nn(Cc3ccc(F)cc3)c3ccccc23)C(C)(C)C)CC1. The van der Waals surface area contributed by atoms with Crippen molar-refractivity contribution in [2.24, 2.45) is 5.41 Å². The van der Waals surface area contributed by atoms with Gasteiger partial charge >= 0.3 is 6.09 Å². The minimum Gasteiger partial charge on any atom is -0.446 e. The number of ether oxygens (including phenoxy) is 1. The van der Waals surface area contributed by atoms with E-state index in [0.717, 1.165) is 11.1 Å². The summed E-state index contributed by atoms with van der Waals surface area (Å²) in [4.78, 5) is 40.7. The van der Waals surface area contributed by atoms with Crippen LogP contribution in [0.1, 0.15) is 56.6 Å². The highest BCUT2D eigenvalue weighted by atomic mass is 19.1. The number of carbonyl (C=O) groups excluding carboxylic acids is 3. The molecule has 1 aliphatic rings. The second-order valence-corrected chi connectivity index (χ2v) is 10.9. The van der Waals surface area contributed by atoms with Gasteiger partial charge in [-0.2, -0.15) is 5.10 Å². The minimum atomic E-state index is -0.785. The van der Waals surface area contributed by atoms with Gasteiger partial charge in [-0.15, -0.1) is 0 Å². The number of halogens is 1. The lowest BCUT2D eigenvalue weighted by Gasteiger charge is -2.38. The molecule has 1 aromatic heterocycles. The van der Waals surface area contributed by atoms with Crippen LogP contribution in [0.3, 0.4) is 0 Å². The van der Waals surface area contributed by atoms with E-state index in [1.54, 1.807) is 21.7 Å². The standard InChI is InChI=1S/C29H36FN5O4/c1-5-31-28(38)39-21-14-16-34(17-15-21)27(37)25(29(2,3)4)32-26(36)24-22-8-6-7-9-23(22)35(33-24)18-19-10-12-20(30)13-11-19/h6-13,21,25H,5,14-18H2,1-4H3,(H,31,38)(H,32,36)/t25-/m1/s1. The molecule has 1 atom stereocenters. The smallest absolute Gasteiger partial charge is 0.407 e. The molecule has 0 unspecified atom stereocenters. The fraction of sp³-hybridized carbons (Fsp3) is 0.448. The summed E-state index contributed by atoms with van der Waals surface area (Å²) < 4.78 is 20.5. The molecule has 3 aromatic rings. The number of likely N-dealkylation sites (tertiary alicyclic amines) is 1. The van der Waals surface area contributed by atoms with E-state index in [1.807, 2.05) is 52.0 Å². The second kappa shape index (κ2) is 11.8. The maximum Gasteiger partial charge on any atom is 0.407 e. The van der Waals surface area contributed by atoms with Gasteiger partial charge in [-0.3, -0.25) is 14.3 Å². The van der Waals surface area contributed by atoms with Crippen LogP contribution in [-0.4, -0.2) is 64.4 Å². The van der Waals surface area contributed by atoms with E-state index in [0.29, 0.717) is 44.4 Å². The lowest BCUT2D eigenvalue weighted by atomic mass is 9.85. The molecule has 1 saturated heterocycles. The predicted molar refractivity (Wildman–Crippen MR) is 146 cm³/mol. The van der Waals surface area contributed by atoms with Crippen molar-refractivity contribution in [2.45, 2.75) is 59.2 Å². The largest absolute Gasteiger partial charge is 0.446 e. The molecule has 4 rings (SSSR count). The topological polar surface area (TPSA) is 106 Å². The van der Waals surface area contributed by atoms with Crippen molar-refractivity contribution in [2.75, 3.05) is 19.6 Å². The summed E-state index contributed by atoms with van der Waals surface area (Å²) >= 11 is 0. The van der Waals surface area contributed by atoms with Crippen molar-refractivity contribution in [3.05, 3.63) is 65.6 Å². The van der Waals surface area contributed by atoms with Gasteiger partial charge in [-0.1, -0.05) is 51.1 Å².